The van der Waals surface area contributed by atoms with Crippen molar-refractivity contribution in [2.45, 2.75) is 19.4 Å². The van der Waals surface area contributed by atoms with E-state index >= 15 is 0 Å². The van der Waals surface area contributed by atoms with Gasteiger partial charge in [0.2, 0.25) is 0 Å². The van der Waals surface area contributed by atoms with Crippen molar-refractivity contribution < 1.29 is 0 Å². The summed E-state index contributed by atoms with van der Waals surface area (Å²) in [6, 6.07) is 2.40. The Morgan fingerprint density at radius 1 is 1.62 bits per heavy atom. The first-order valence-electron chi connectivity index (χ1n) is 4.43. The van der Waals surface area contributed by atoms with E-state index in [4.69, 9.17) is 0 Å². The summed E-state index contributed by atoms with van der Waals surface area (Å²) in [7, 11) is 0. The molecular weight excluding hydrogens is 164 g/mol. The van der Waals surface area contributed by atoms with Crippen LogP contribution in [-0.2, 0) is 6.42 Å². The van der Waals surface area contributed by atoms with E-state index in [9.17, 15) is 0 Å². The van der Waals surface area contributed by atoms with E-state index in [1.807, 2.05) is 16.8 Å². The molecule has 1 atom stereocenters. The lowest BCUT2D eigenvalue weighted by Gasteiger charge is -2.00. The molecule has 0 spiro atoms. The number of hydrogen-bond acceptors (Lipinski definition) is 3. The van der Waals surface area contributed by atoms with Gasteiger partial charge in [-0.25, -0.2) is 9.50 Å². The molecule has 0 saturated heterocycles. The Morgan fingerprint density at radius 2 is 2.54 bits per heavy atom. The zero-order valence-electron chi connectivity index (χ0n) is 7.36. The maximum Gasteiger partial charge on any atom is 0.157 e. The lowest BCUT2D eigenvalue weighted by molar-refractivity contribution is 0.831. The van der Waals surface area contributed by atoms with Gasteiger partial charge in [-0.15, -0.1) is 0 Å². The van der Waals surface area contributed by atoms with Gasteiger partial charge >= 0.3 is 0 Å². The number of aromatic nitrogens is 3. The molecule has 3 rings (SSSR count). The number of hydrogen-bond donors (Lipinski definition) is 1. The van der Waals surface area contributed by atoms with E-state index < -0.39 is 0 Å². The minimum absolute atomic E-state index is 0.495. The lowest BCUT2D eigenvalue weighted by Crippen LogP contribution is -2.08. The number of fused-ring (bicyclic) bond motifs is 2. The minimum atomic E-state index is 0.495. The fraction of sp³-hybridized carbons (Fsp3) is 0.333. The van der Waals surface area contributed by atoms with Crippen LogP contribution in [-0.4, -0.2) is 20.6 Å². The quantitative estimate of drug-likeness (QED) is 0.650. The van der Waals surface area contributed by atoms with E-state index in [0.717, 1.165) is 17.9 Å². The summed E-state index contributed by atoms with van der Waals surface area (Å²) < 4.78 is 1.82. The molecule has 0 amide bonds. The highest BCUT2D eigenvalue weighted by atomic mass is 15.3. The second-order valence-corrected chi connectivity index (χ2v) is 3.50. The lowest BCUT2D eigenvalue weighted by atomic mass is 10.2. The average Bonchev–Trinajstić information content (AvgIpc) is 2.63. The third-order valence-corrected chi connectivity index (χ3v) is 2.37. The van der Waals surface area contributed by atoms with Crippen LogP contribution in [0.3, 0.4) is 0 Å². The maximum atomic E-state index is 4.46. The molecule has 0 unspecified atom stereocenters. The summed E-state index contributed by atoms with van der Waals surface area (Å²) >= 11 is 0. The normalized spacial score (nSPS) is 20.2. The van der Waals surface area contributed by atoms with E-state index in [-0.39, 0.29) is 0 Å². The molecule has 0 fully saturated rings. The predicted molar refractivity (Wildman–Crippen MR) is 49.8 cm³/mol. The Balaban J connectivity index is 2.27. The number of nitrogens with zero attached hydrogens (tertiary/aromatic N) is 3. The van der Waals surface area contributed by atoms with Crippen LogP contribution in [0.2, 0.25) is 0 Å². The highest BCUT2D eigenvalue weighted by molar-refractivity contribution is 5.55. The van der Waals surface area contributed by atoms with Crippen LogP contribution in [0.5, 0.6) is 0 Å². The standard InChI is InChI=1S/C9H10N4/c1-6-4-7-5-13-8(2-3-10-13)12-9(7)11-6/h2-3,5-6H,4H2,1H3,(H,11,12)/t6-/m1/s1. The van der Waals surface area contributed by atoms with Crippen LogP contribution in [0.25, 0.3) is 5.65 Å². The summed E-state index contributed by atoms with van der Waals surface area (Å²) in [6.07, 6.45) is 4.85. The van der Waals surface area contributed by atoms with Gasteiger partial charge in [-0.2, -0.15) is 5.10 Å². The van der Waals surface area contributed by atoms with Crippen molar-refractivity contribution in [1.82, 2.24) is 14.6 Å². The van der Waals surface area contributed by atoms with Gasteiger partial charge in [-0.3, -0.25) is 0 Å². The van der Waals surface area contributed by atoms with Gasteiger partial charge in [0, 0.05) is 23.9 Å². The first kappa shape index (κ1) is 6.88. The largest absolute Gasteiger partial charge is 0.367 e. The van der Waals surface area contributed by atoms with Gasteiger partial charge in [-0.1, -0.05) is 0 Å². The van der Waals surface area contributed by atoms with E-state index in [2.05, 4.69) is 22.3 Å². The molecular formula is C9H10N4. The van der Waals surface area contributed by atoms with Crippen LogP contribution in [0.1, 0.15) is 12.5 Å². The Morgan fingerprint density at radius 3 is 3.46 bits per heavy atom. The molecule has 66 valence electrons. The average molecular weight is 174 g/mol. The Bertz CT molecular complexity index is 420. The van der Waals surface area contributed by atoms with Gasteiger partial charge < -0.3 is 5.32 Å². The van der Waals surface area contributed by atoms with Gasteiger partial charge in [0.05, 0.1) is 6.20 Å². The third kappa shape index (κ3) is 0.915. The zero-order valence-corrected chi connectivity index (χ0v) is 7.36. The fourth-order valence-electron chi connectivity index (χ4n) is 1.78. The molecule has 0 saturated carbocycles. The van der Waals surface area contributed by atoms with Crippen molar-refractivity contribution in [2.24, 2.45) is 0 Å². The number of nitrogens with one attached hydrogen (secondary N) is 1. The van der Waals surface area contributed by atoms with E-state index in [1.54, 1.807) is 6.20 Å². The molecule has 1 aliphatic rings. The SMILES string of the molecule is C[C@@H]1Cc2cn3nccc3nc2N1. The summed E-state index contributed by atoms with van der Waals surface area (Å²) in [6.45, 7) is 2.16. The van der Waals surface area contributed by atoms with Gasteiger partial charge in [-0.05, 0) is 13.3 Å². The van der Waals surface area contributed by atoms with Crippen LogP contribution >= 0.6 is 0 Å². The molecule has 2 aromatic heterocycles. The smallest absolute Gasteiger partial charge is 0.157 e. The van der Waals surface area contributed by atoms with Crippen LogP contribution in [0.15, 0.2) is 18.5 Å². The Kier molecular flexibility index (Phi) is 1.17. The Labute approximate surface area is 75.6 Å². The van der Waals surface area contributed by atoms with Crippen molar-refractivity contribution in [1.29, 1.82) is 0 Å². The number of rotatable bonds is 0. The van der Waals surface area contributed by atoms with Crippen LogP contribution in [0.4, 0.5) is 5.82 Å². The van der Waals surface area contributed by atoms with Crippen molar-refractivity contribution in [2.75, 3.05) is 5.32 Å². The molecule has 1 N–H and O–H groups in total. The molecule has 13 heavy (non-hydrogen) atoms. The minimum Gasteiger partial charge on any atom is -0.367 e. The van der Waals surface area contributed by atoms with Crippen LogP contribution < -0.4 is 5.32 Å². The molecule has 0 bridgehead atoms. The van der Waals surface area contributed by atoms with E-state index in [0.29, 0.717) is 6.04 Å². The Hall–Kier alpha value is -1.58. The second-order valence-electron chi connectivity index (χ2n) is 3.50. The van der Waals surface area contributed by atoms with Gasteiger partial charge in [0.25, 0.3) is 0 Å². The first-order valence-corrected chi connectivity index (χ1v) is 4.43. The predicted octanol–water partition coefficient (Wildman–Crippen LogP) is 1.09. The summed E-state index contributed by atoms with van der Waals surface area (Å²) in [5, 5.41) is 7.47. The molecule has 0 radical (unpaired) electrons. The zero-order chi connectivity index (χ0) is 8.84. The summed E-state index contributed by atoms with van der Waals surface area (Å²) in [4.78, 5) is 4.46. The monoisotopic (exact) mass is 174 g/mol. The highest BCUT2D eigenvalue weighted by Crippen LogP contribution is 2.23. The molecule has 4 nitrogen and oxygen atoms in total. The topological polar surface area (TPSA) is 42.2 Å². The third-order valence-electron chi connectivity index (χ3n) is 2.37. The van der Waals surface area contributed by atoms with Gasteiger partial charge in [0.1, 0.15) is 5.82 Å². The van der Waals surface area contributed by atoms with E-state index in [1.165, 1.54) is 5.56 Å². The molecule has 4 heteroatoms. The van der Waals surface area contributed by atoms with Crippen molar-refractivity contribution in [3.8, 4) is 0 Å². The molecule has 1 aliphatic heterocycles. The summed E-state index contributed by atoms with van der Waals surface area (Å²) in [5.74, 6) is 1.01. The highest BCUT2D eigenvalue weighted by Gasteiger charge is 2.18. The molecule has 3 heterocycles. The summed E-state index contributed by atoms with van der Waals surface area (Å²) in [5.41, 5.74) is 2.16. The van der Waals surface area contributed by atoms with Gasteiger partial charge in [0.15, 0.2) is 5.65 Å². The van der Waals surface area contributed by atoms with Crippen molar-refractivity contribution in [3.63, 3.8) is 0 Å². The second kappa shape index (κ2) is 2.22. The van der Waals surface area contributed by atoms with Crippen LogP contribution in [0, 0.1) is 0 Å². The molecule has 0 aromatic carbocycles. The van der Waals surface area contributed by atoms with Crippen molar-refractivity contribution >= 4 is 11.5 Å². The van der Waals surface area contributed by atoms with Crippen molar-refractivity contribution in [3.05, 3.63) is 24.0 Å². The fourth-order valence-corrected chi connectivity index (χ4v) is 1.78. The number of anilines is 1. The maximum absolute atomic E-state index is 4.46. The first-order chi connectivity index (χ1) is 6.33. The molecule has 0 aliphatic carbocycles. The molecule has 2 aromatic rings.